The molecule has 0 aliphatic carbocycles. The second kappa shape index (κ2) is 6.31. The van der Waals surface area contributed by atoms with Crippen LogP contribution in [0.15, 0.2) is 24.9 Å². The van der Waals surface area contributed by atoms with E-state index in [1.54, 1.807) is 18.3 Å². The number of rotatable bonds is 5. The third-order valence-electron chi connectivity index (χ3n) is 3.10. The molecule has 1 aromatic heterocycles. The zero-order valence-corrected chi connectivity index (χ0v) is 11.2. The average Bonchev–Trinajstić information content (AvgIpc) is 2.84. The topological polar surface area (TPSA) is 55.3 Å². The number of aromatic nitrogens is 2. The molecule has 1 saturated heterocycles. The summed E-state index contributed by atoms with van der Waals surface area (Å²) in [5.41, 5.74) is 0. The summed E-state index contributed by atoms with van der Waals surface area (Å²) >= 11 is 0. The summed E-state index contributed by atoms with van der Waals surface area (Å²) in [6, 6.07) is 1.75. The number of nitrogens with zero attached hydrogens (tertiary/aromatic N) is 3. The van der Waals surface area contributed by atoms with E-state index in [0.29, 0.717) is 24.7 Å². The Bertz CT molecular complexity index is 462. The van der Waals surface area contributed by atoms with Crippen LogP contribution in [0.4, 0.5) is 0 Å². The molecule has 1 amide bonds. The number of hydrogen-bond donors (Lipinski definition) is 0. The maximum absolute atomic E-state index is 11.9. The lowest BCUT2D eigenvalue weighted by atomic mass is 10.3. The number of carbonyl (C=O) groups is 1. The fourth-order valence-corrected chi connectivity index (χ4v) is 2.11. The van der Waals surface area contributed by atoms with Gasteiger partial charge in [0.1, 0.15) is 11.9 Å². The summed E-state index contributed by atoms with van der Waals surface area (Å²) < 4.78 is 5.78. The lowest BCUT2D eigenvalue weighted by Crippen LogP contribution is -2.30. The Kier molecular flexibility index (Phi) is 4.49. The predicted octanol–water partition coefficient (Wildman–Crippen LogP) is 1.73. The predicted molar refractivity (Wildman–Crippen MR) is 71.8 cm³/mol. The molecule has 1 aliphatic heterocycles. The lowest BCUT2D eigenvalue weighted by Gasteiger charge is -2.16. The van der Waals surface area contributed by atoms with Gasteiger partial charge in [-0.3, -0.25) is 4.79 Å². The molecule has 2 rings (SSSR count). The highest BCUT2D eigenvalue weighted by atomic mass is 16.5. The summed E-state index contributed by atoms with van der Waals surface area (Å²) in [6.45, 7) is 6.85. The van der Waals surface area contributed by atoms with E-state index in [1.165, 1.54) is 0 Å². The van der Waals surface area contributed by atoms with Crippen LogP contribution in [0.5, 0.6) is 5.88 Å². The number of amides is 1. The molecule has 0 radical (unpaired) electrons. The van der Waals surface area contributed by atoms with Crippen LogP contribution in [0.2, 0.25) is 0 Å². The molecule has 1 aromatic rings. The average molecular weight is 261 g/mol. The van der Waals surface area contributed by atoms with Gasteiger partial charge < -0.3 is 9.64 Å². The molecule has 1 aliphatic rings. The van der Waals surface area contributed by atoms with Crippen molar-refractivity contribution in [3.63, 3.8) is 0 Å². The quantitative estimate of drug-likeness (QED) is 0.757. The molecule has 102 valence electrons. The van der Waals surface area contributed by atoms with Gasteiger partial charge in [-0.1, -0.05) is 6.08 Å². The molecular weight excluding hydrogens is 242 g/mol. The summed E-state index contributed by atoms with van der Waals surface area (Å²) in [6.07, 6.45) is 5.59. The van der Waals surface area contributed by atoms with Gasteiger partial charge in [0.2, 0.25) is 11.8 Å². The molecule has 0 aromatic carbocycles. The highest BCUT2D eigenvalue weighted by Gasteiger charge is 2.27. The van der Waals surface area contributed by atoms with Crippen LogP contribution in [0.25, 0.3) is 0 Å². The molecule has 0 saturated carbocycles. The third kappa shape index (κ3) is 3.77. The van der Waals surface area contributed by atoms with E-state index in [1.807, 2.05) is 11.8 Å². The second-order valence-corrected chi connectivity index (χ2v) is 4.64. The Hall–Kier alpha value is -1.91. The van der Waals surface area contributed by atoms with Crippen molar-refractivity contribution in [3.05, 3.63) is 30.7 Å². The van der Waals surface area contributed by atoms with E-state index in [9.17, 15) is 4.79 Å². The largest absolute Gasteiger partial charge is 0.472 e. The highest BCUT2D eigenvalue weighted by molar-refractivity contribution is 5.76. The van der Waals surface area contributed by atoms with Gasteiger partial charge in [0.15, 0.2) is 0 Å². The van der Waals surface area contributed by atoms with E-state index in [0.717, 1.165) is 19.4 Å². The zero-order chi connectivity index (χ0) is 13.7. The first-order valence-electron chi connectivity index (χ1n) is 6.54. The first kappa shape index (κ1) is 13.5. The van der Waals surface area contributed by atoms with Crippen molar-refractivity contribution in [3.8, 4) is 5.88 Å². The van der Waals surface area contributed by atoms with Crippen LogP contribution >= 0.6 is 0 Å². The molecule has 2 heterocycles. The van der Waals surface area contributed by atoms with Crippen molar-refractivity contribution < 1.29 is 9.53 Å². The Morgan fingerprint density at radius 2 is 2.53 bits per heavy atom. The van der Waals surface area contributed by atoms with E-state index in [2.05, 4.69) is 16.5 Å². The molecule has 0 bridgehead atoms. The van der Waals surface area contributed by atoms with Crippen molar-refractivity contribution >= 4 is 5.91 Å². The maximum atomic E-state index is 11.9. The van der Waals surface area contributed by atoms with Crippen LogP contribution in [-0.4, -0.2) is 40.0 Å². The molecule has 5 heteroatoms. The second-order valence-electron chi connectivity index (χ2n) is 4.64. The van der Waals surface area contributed by atoms with E-state index in [4.69, 9.17) is 4.74 Å². The summed E-state index contributed by atoms with van der Waals surface area (Å²) in [4.78, 5) is 21.9. The van der Waals surface area contributed by atoms with Crippen LogP contribution in [-0.2, 0) is 4.79 Å². The van der Waals surface area contributed by atoms with Crippen molar-refractivity contribution in [2.75, 3.05) is 13.1 Å². The Morgan fingerprint density at radius 1 is 1.68 bits per heavy atom. The molecule has 5 nitrogen and oxygen atoms in total. The van der Waals surface area contributed by atoms with Gasteiger partial charge in [0.05, 0.1) is 6.54 Å². The molecule has 0 spiro atoms. The van der Waals surface area contributed by atoms with Gasteiger partial charge in [0, 0.05) is 31.6 Å². The summed E-state index contributed by atoms with van der Waals surface area (Å²) in [5.74, 6) is 1.44. The number of allylic oxidation sites excluding steroid dienone is 1. The molecule has 1 fully saturated rings. The first-order valence-corrected chi connectivity index (χ1v) is 6.54. The Morgan fingerprint density at radius 3 is 3.26 bits per heavy atom. The monoisotopic (exact) mass is 261 g/mol. The van der Waals surface area contributed by atoms with Gasteiger partial charge in [-0.25, -0.2) is 4.98 Å². The highest BCUT2D eigenvalue weighted by Crippen LogP contribution is 2.17. The van der Waals surface area contributed by atoms with E-state index in [-0.39, 0.29) is 12.0 Å². The van der Waals surface area contributed by atoms with Crippen LogP contribution in [0.3, 0.4) is 0 Å². The number of ether oxygens (including phenoxy) is 1. The van der Waals surface area contributed by atoms with Gasteiger partial charge >= 0.3 is 0 Å². The van der Waals surface area contributed by atoms with Crippen LogP contribution in [0, 0.1) is 6.92 Å². The molecular formula is C14H19N3O2. The number of aryl methyl sites for hydroxylation is 1. The van der Waals surface area contributed by atoms with Gasteiger partial charge in [-0.05, 0) is 13.3 Å². The SMILES string of the molecule is C=CCCC(=O)N1CCC(Oc2ccnc(C)n2)C1. The molecule has 1 unspecified atom stereocenters. The molecule has 19 heavy (non-hydrogen) atoms. The molecule has 0 N–H and O–H groups in total. The van der Waals surface area contributed by atoms with Crippen LogP contribution in [0.1, 0.15) is 25.1 Å². The summed E-state index contributed by atoms with van der Waals surface area (Å²) in [7, 11) is 0. The number of carbonyl (C=O) groups excluding carboxylic acids is 1. The normalized spacial score (nSPS) is 18.4. The van der Waals surface area contributed by atoms with Gasteiger partial charge in [0.25, 0.3) is 0 Å². The fourth-order valence-electron chi connectivity index (χ4n) is 2.11. The Balaban J connectivity index is 1.85. The smallest absolute Gasteiger partial charge is 0.223 e. The Labute approximate surface area is 113 Å². The van der Waals surface area contributed by atoms with Gasteiger partial charge in [-0.2, -0.15) is 4.98 Å². The van der Waals surface area contributed by atoms with Gasteiger partial charge in [-0.15, -0.1) is 6.58 Å². The minimum atomic E-state index is 0.0296. The van der Waals surface area contributed by atoms with Crippen molar-refractivity contribution in [2.24, 2.45) is 0 Å². The number of likely N-dealkylation sites (tertiary alicyclic amines) is 1. The fraction of sp³-hybridized carbons (Fsp3) is 0.500. The minimum Gasteiger partial charge on any atom is -0.472 e. The number of hydrogen-bond acceptors (Lipinski definition) is 4. The summed E-state index contributed by atoms with van der Waals surface area (Å²) in [5, 5.41) is 0. The van der Waals surface area contributed by atoms with Crippen molar-refractivity contribution in [1.82, 2.24) is 14.9 Å². The van der Waals surface area contributed by atoms with Crippen molar-refractivity contribution in [2.45, 2.75) is 32.3 Å². The standard InChI is InChI=1S/C14H19N3O2/c1-3-4-5-14(18)17-9-7-12(10-17)19-13-6-8-15-11(2)16-13/h3,6,8,12H,1,4-5,7,9-10H2,2H3. The van der Waals surface area contributed by atoms with Crippen LogP contribution < -0.4 is 4.74 Å². The lowest BCUT2D eigenvalue weighted by molar-refractivity contribution is -0.130. The van der Waals surface area contributed by atoms with E-state index >= 15 is 0 Å². The third-order valence-corrected chi connectivity index (χ3v) is 3.10. The maximum Gasteiger partial charge on any atom is 0.223 e. The minimum absolute atomic E-state index is 0.0296. The first-order chi connectivity index (χ1) is 9.19. The van der Waals surface area contributed by atoms with Crippen molar-refractivity contribution in [1.29, 1.82) is 0 Å². The van der Waals surface area contributed by atoms with E-state index < -0.39 is 0 Å². The zero-order valence-electron chi connectivity index (χ0n) is 11.2. The molecule has 1 atom stereocenters.